The lowest BCUT2D eigenvalue weighted by molar-refractivity contribution is -0.139. The third kappa shape index (κ3) is 4.44. The molecule has 16 heavy (non-hydrogen) atoms. The zero-order chi connectivity index (χ0) is 12.0. The summed E-state index contributed by atoms with van der Waals surface area (Å²) in [6, 6.07) is 1.39. The molecule has 1 unspecified atom stereocenters. The monoisotopic (exact) mass is 225 g/mol. The van der Waals surface area contributed by atoms with Gasteiger partial charge in [0.2, 0.25) is 0 Å². The minimum absolute atomic E-state index is 0.373. The number of carbonyl (C=O) groups is 1. The van der Waals surface area contributed by atoms with Gasteiger partial charge in [-0.3, -0.25) is 9.48 Å². The average molecular weight is 225 g/mol. The van der Waals surface area contributed by atoms with Crippen LogP contribution >= 0.6 is 0 Å². The molecule has 0 aliphatic carbocycles. The Balaban J connectivity index is 2.30. The van der Waals surface area contributed by atoms with Crippen LogP contribution in [-0.4, -0.2) is 33.4 Å². The van der Waals surface area contributed by atoms with E-state index < -0.39 is 12.0 Å². The molecule has 0 aliphatic heterocycles. The van der Waals surface area contributed by atoms with E-state index in [1.165, 1.54) is 0 Å². The highest BCUT2D eigenvalue weighted by atomic mass is 16.4. The largest absolute Gasteiger partial charge is 0.480 e. The maximum absolute atomic E-state index is 10.9. The second-order valence-corrected chi connectivity index (χ2v) is 4.24. The predicted octanol–water partition coefficient (Wildman–Crippen LogP) is 0.972. The van der Waals surface area contributed by atoms with Crippen molar-refractivity contribution in [3.05, 3.63) is 18.5 Å². The van der Waals surface area contributed by atoms with Crippen molar-refractivity contribution in [3.63, 3.8) is 0 Å². The van der Waals surface area contributed by atoms with Crippen molar-refractivity contribution >= 4 is 5.97 Å². The lowest BCUT2D eigenvalue weighted by Crippen LogP contribution is -2.39. The van der Waals surface area contributed by atoms with Gasteiger partial charge in [0.1, 0.15) is 6.04 Å². The molecule has 0 aliphatic rings. The first-order chi connectivity index (χ1) is 7.59. The highest BCUT2D eigenvalue weighted by Gasteiger charge is 2.17. The van der Waals surface area contributed by atoms with Gasteiger partial charge in [-0.15, -0.1) is 0 Å². The summed E-state index contributed by atoms with van der Waals surface area (Å²) in [6.45, 7) is 5.34. The third-order valence-electron chi connectivity index (χ3n) is 2.30. The van der Waals surface area contributed by atoms with Crippen LogP contribution in [0, 0.1) is 5.92 Å². The fraction of sp³-hybridized carbons (Fsp3) is 0.636. The number of hydrogen-bond donors (Lipinski definition) is 2. The summed E-state index contributed by atoms with van der Waals surface area (Å²) in [4.78, 5) is 10.9. The number of nitrogens with one attached hydrogen (secondary N) is 1. The van der Waals surface area contributed by atoms with Crippen LogP contribution in [0.3, 0.4) is 0 Å². The van der Waals surface area contributed by atoms with Crippen molar-refractivity contribution < 1.29 is 9.90 Å². The average Bonchev–Trinajstić information content (AvgIpc) is 2.68. The number of hydrogen-bond acceptors (Lipinski definition) is 3. The second kappa shape index (κ2) is 6.27. The van der Waals surface area contributed by atoms with Crippen LogP contribution in [0.15, 0.2) is 18.5 Å². The Morgan fingerprint density at radius 1 is 1.56 bits per heavy atom. The Hall–Kier alpha value is -1.36. The maximum atomic E-state index is 10.9. The first-order valence-electron chi connectivity index (χ1n) is 5.53. The van der Waals surface area contributed by atoms with Gasteiger partial charge in [0.15, 0.2) is 0 Å². The van der Waals surface area contributed by atoms with Gasteiger partial charge < -0.3 is 10.4 Å². The predicted molar refractivity (Wildman–Crippen MR) is 61.1 cm³/mol. The zero-order valence-electron chi connectivity index (χ0n) is 9.76. The summed E-state index contributed by atoms with van der Waals surface area (Å²) in [5.74, 6) is -0.410. The highest BCUT2D eigenvalue weighted by Crippen LogP contribution is 2.04. The number of rotatable bonds is 7. The SMILES string of the molecule is CC(C)CC(NCCn1cccn1)C(=O)O. The van der Waals surface area contributed by atoms with Gasteiger partial charge in [0.25, 0.3) is 0 Å². The number of aliphatic carboxylic acids is 1. The number of carboxylic acid groups (broad SMARTS) is 1. The molecule has 5 heteroatoms. The van der Waals surface area contributed by atoms with Crippen LogP contribution in [-0.2, 0) is 11.3 Å². The fourth-order valence-electron chi connectivity index (χ4n) is 1.53. The van der Waals surface area contributed by atoms with Crippen molar-refractivity contribution in [1.29, 1.82) is 0 Å². The summed E-state index contributed by atoms with van der Waals surface area (Å²) in [6.07, 6.45) is 4.22. The molecule has 0 saturated heterocycles. The van der Waals surface area contributed by atoms with Crippen LogP contribution in [0.25, 0.3) is 0 Å². The molecule has 1 heterocycles. The van der Waals surface area contributed by atoms with E-state index in [-0.39, 0.29) is 0 Å². The number of carboxylic acids is 1. The summed E-state index contributed by atoms with van der Waals surface area (Å²) in [5.41, 5.74) is 0. The molecule has 0 fully saturated rings. The van der Waals surface area contributed by atoms with Crippen molar-refractivity contribution in [2.45, 2.75) is 32.9 Å². The van der Waals surface area contributed by atoms with Gasteiger partial charge in [-0.2, -0.15) is 5.10 Å². The lowest BCUT2D eigenvalue weighted by atomic mass is 10.0. The molecular formula is C11H19N3O2. The number of aromatic nitrogens is 2. The molecule has 90 valence electrons. The third-order valence-corrected chi connectivity index (χ3v) is 2.30. The van der Waals surface area contributed by atoms with Crippen molar-refractivity contribution in [2.24, 2.45) is 5.92 Å². The second-order valence-electron chi connectivity index (χ2n) is 4.24. The van der Waals surface area contributed by atoms with Gasteiger partial charge in [-0.1, -0.05) is 13.8 Å². The van der Waals surface area contributed by atoms with Gasteiger partial charge in [-0.05, 0) is 18.4 Å². The lowest BCUT2D eigenvalue weighted by Gasteiger charge is -2.16. The molecule has 1 rings (SSSR count). The van der Waals surface area contributed by atoms with Crippen LogP contribution in [0.2, 0.25) is 0 Å². The molecule has 1 atom stereocenters. The normalized spacial score (nSPS) is 12.9. The molecule has 0 aromatic carbocycles. The molecule has 0 saturated carbocycles. The molecule has 0 spiro atoms. The molecule has 1 aromatic rings. The Kier molecular flexibility index (Phi) is 4.98. The summed E-state index contributed by atoms with van der Waals surface area (Å²) < 4.78 is 1.78. The topological polar surface area (TPSA) is 67.2 Å². The van der Waals surface area contributed by atoms with Crippen molar-refractivity contribution in [3.8, 4) is 0 Å². The molecular weight excluding hydrogens is 206 g/mol. The van der Waals surface area contributed by atoms with Gasteiger partial charge in [0, 0.05) is 18.9 Å². The summed E-state index contributed by atoms with van der Waals surface area (Å²) in [5, 5.41) is 16.1. The Bertz CT molecular complexity index is 309. The van der Waals surface area contributed by atoms with Gasteiger partial charge >= 0.3 is 5.97 Å². The van der Waals surface area contributed by atoms with Gasteiger partial charge in [0.05, 0.1) is 6.54 Å². The van der Waals surface area contributed by atoms with Crippen molar-refractivity contribution in [2.75, 3.05) is 6.54 Å². The standard InChI is InChI=1S/C11H19N3O2/c1-9(2)8-10(11(15)16)12-5-7-14-6-3-4-13-14/h3-4,6,9-10,12H,5,7-8H2,1-2H3,(H,15,16). The van der Waals surface area contributed by atoms with E-state index in [2.05, 4.69) is 10.4 Å². The molecule has 0 amide bonds. The molecule has 5 nitrogen and oxygen atoms in total. The van der Waals surface area contributed by atoms with E-state index in [0.717, 1.165) is 0 Å². The first kappa shape index (κ1) is 12.7. The van der Waals surface area contributed by atoms with Crippen LogP contribution < -0.4 is 5.32 Å². The summed E-state index contributed by atoms with van der Waals surface area (Å²) in [7, 11) is 0. The first-order valence-corrected chi connectivity index (χ1v) is 5.53. The zero-order valence-corrected chi connectivity index (χ0v) is 9.76. The molecule has 0 bridgehead atoms. The number of nitrogens with zero attached hydrogens (tertiary/aromatic N) is 2. The van der Waals surface area contributed by atoms with E-state index >= 15 is 0 Å². The Labute approximate surface area is 95.5 Å². The Morgan fingerprint density at radius 2 is 2.31 bits per heavy atom. The van der Waals surface area contributed by atoms with E-state index in [0.29, 0.717) is 25.4 Å². The molecule has 2 N–H and O–H groups in total. The van der Waals surface area contributed by atoms with E-state index in [1.807, 2.05) is 26.1 Å². The quantitative estimate of drug-likeness (QED) is 0.725. The van der Waals surface area contributed by atoms with Crippen LogP contribution in [0.1, 0.15) is 20.3 Å². The van der Waals surface area contributed by atoms with E-state index in [1.54, 1.807) is 10.9 Å². The van der Waals surface area contributed by atoms with Gasteiger partial charge in [-0.25, -0.2) is 0 Å². The fourth-order valence-corrected chi connectivity index (χ4v) is 1.53. The maximum Gasteiger partial charge on any atom is 0.320 e. The molecule has 1 aromatic heterocycles. The Morgan fingerprint density at radius 3 is 2.81 bits per heavy atom. The highest BCUT2D eigenvalue weighted by molar-refractivity contribution is 5.73. The van der Waals surface area contributed by atoms with Crippen LogP contribution in [0.4, 0.5) is 0 Å². The molecule has 0 radical (unpaired) electrons. The van der Waals surface area contributed by atoms with E-state index in [4.69, 9.17) is 5.11 Å². The van der Waals surface area contributed by atoms with Crippen molar-refractivity contribution in [1.82, 2.24) is 15.1 Å². The minimum Gasteiger partial charge on any atom is -0.480 e. The van der Waals surface area contributed by atoms with Crippen LogP contribution in [0.5, 0.6) is 0 Å². The summed E-state index contributed by atoms with van der Waals surface area (Å²) >= 11 is 0. The smallest absolute Gasteiger partial charge is 0.320 e. The van der Waals surface area contributed by atoms with E-state index in [9.17, 15) is 4.79 Å². The minimum atomic E-state index is -0.783.